The van der Waals surface area contributed by atoms with Crippen molar-refractivity contribution >= 4 is 17.8 Å². The number of anilines is 1. The van der Waals surface area contributed by atoms with Crippen LogP contribution in [-0.4, -0.2) is 62.9 Å². The number of hydrogen-bond donors (Lipinski definition) is 1. The number of aryl methyl sites for hydroxylation is 1. The summed E-state index contributed by atoms with van der Waals surface area (Å²) in [6, 6.07) is 1.94. The molecule has 3 heterocycles. The number of nitrogens with two attached hydrogens (primary N) is 1. The second-order valence-corrected chi connectivity index (χ2v) is 7.57. The van der Waals surface area contributed by atoms with Crippen LogP contribution in [0.25, 0.3) is 0 Å². The topological polar surface area (TPSA) is 93.7 Å². The number of carbonyl (C=O) groups excluding carboxylic acids is 2. The van der Waals surface area contributed by atoms with E-state index in [1.54, 1.807) is 6.07 Å². The first-order valence-electron chi connectivity index (χ1n) is 9.41. The zero-order valence-electron chi connectivity index (χ0n) is 15.9. The molecule has 1 spiro atoms. The molecule has 2 aliphatic heterocycles. The highest BCUT2D eigenvalue weighted by atomic mass is 16.6. The number of piperidine rings is 1. The number of nitrogen functional groups attached to an aromatic ring is 1. The van der Waals surface area contributed by atoms with Gasteiger partial charge >= 0.3 is 6.09 Å². The molecule has 26 heavy (non-hydrogen) atoms. The van der Waals surface area contributed by atoms with Crippen LogP contribution in [0, 0.1) is 6.92 Å². The number of likely N-dealkylation sites (tertiary alicyclic amines) is 1. The quantitative estimate of drug-likeness (QED) is 0.860. The van der Waals surface area contributed by atoms with Crippen molar-refractivity contribution in [3.8, 4) is 0 Å². The van der Waals surface area contributed by atoms with E-state index in [0.717, 1.165) is 18.5 Å². The molecule has 3 rings (SSSR count). The SMILES string of the molecule is CCC[C@H](C)N1CC2(CCN(C(=O)Cn3nc(C)cc3N)CC2)OC1=O. The minimum Gasteiger partial charge on any atom is -0.441 e. The van der Waals surface area contributed by atoms with Crippen LogP contribution in [0.3, 0.4) is 0 Å². The summed E-state index contributed by atoms with van der Waals surface area (Å²) >= 11 is 0. The molecule has 2 aliphatic rings. The molecule has 0 aliphatic carbocycles. The van der Waals surface area contributed by atoms with Gasteiger partial charge in [-0.2, -0.15) is 5.10 Å². The first-order chi connectivity index (χ1) is 12.3. The summed E-state index contributed by atoms with van der Waals surface area (Å²) < 4.78 is 7.28. The van der Waals surface area contributed by atoms with Crippen molar-refractivity contribution in [3.05, 3.63) is 11.8 Å². The Labute approximate surface area is 154 Å². The molecule has 0 unspecified atom stereocenters. The maximum absolute atomic E-state index is 12.5. The lowest BCUT2D eigenvalue weighted by Crippen LogP contribution is -2.49. The van der Waals surface area contributed by atoms with Crippen LogP contribution in [0.15, 0.2) is 6.07 Å². The van der Waals surface area contributed by atoms with Gasteiger partial charge in [0.05, 0.1) is 12.2 Å². The standard InChI is InChI=1S/C18H29N5O3/c1-4-5-14(3)22-12-18(26-17(22)25)6-8-21(9-7-18)16(24)11-23-15(19)10-13(2)20-23/h10,14H,4-9,11-12,19H2,1-3H3/t14-/m0/s1. The Hall–Kier alpha value is -2.25. The molecule has 0 bridgehead atoms. The minimum absolute atomic E-state index is 0.00446. The van der Waals surface area contributed by atoms with E-state index in [4.69, 9.17) is 10.5 Å². The normalized spacial score (nSPS) is 20.5. The Morgan fingerprint density at radius 3 is 2.69 bits per heavy atom. The first-order valence-corrected chi connectivity index (χ1v) is 9.41. The Morgan fingerprint density at radius 2 is 2.12 bits per heavy atom. The van der Waals surface area contributed by atoms with Crippen LogP contribution < -0.4 is 5.73 Å². The largest absolute Gasteiger partial charge is 0.441 e. The summed E-state index contributed by atoms with van der Waals surface area (Å²) in [5, 5.41) is 4.24. The van der Waals surface area contributed by atoms with Crippen LogP contribution >= 0.6 is 0 Å². The van der Waals surface area contributed by atoms with E-state index in [-0.39, 0.29) is 24.6 Å². The predicted octanol–water partition coefficient (Wildman–Crippen LogP) is 1.78. The number of aromatic nitrogens is 2. The average molecular weight is 363 g/mol. The van der Waals surface area contributed by atoms with Crippen molar-refractivity contribution in [3.63, 3.8) is 0 Å². The molecule has 0 saturated carbocycles. The van der Waals surface area contributed by atoms with Gasteiger partial charge in [-0.3, -0.25) is 4.79 Å². The van der Waals surface area contributed by atoms with E-state index in [2.05, 4.69) is 18.9 Å². The predicted molar refractivity (Wildman–Crippen MR) is 97.5 cm³/mol. The second-order valence-electron chi connectivity index (χ2n) is 7.57. The molecule has 0 radical (unpaired) electrons. The van der Waals surface area contributed by atoms with Gasteiger partial charge < -0.3 is 20.3 Å². The molecule has 2 saturated heterocycles. The van der Waals surface area contributed by atoms with Gasteiger partial charge in [0.15, 0.2) is 0 Å². The smallest absolute Gasteiger partial charge is 0.410 e. The Bertz CT molecular complexity index is 678. The van der Waals surface area contributed by atoms with Crippen molar-refractivity contribution in [2.24, 2.45) is 0 Å². The molecule has 144 valence electrons. The van der Waals surface area contributed by atoms with Gasteiger partial charge in [-0.15, -0.1) is 0 Å². The lowest BCUT2D eigenvalue weighted by atomic mass is 9.91. The number of amides is 2. The summed E-state index contributed by atoms with van der Waals surface area (Å²) in [6.07, 6.45) is 3.14. The summed E-state index contributed by atoms with van der Waals surface area (Å²) in [5.41, 5.74) is 6.21. The number of rotatable bonds is 5. The summed E-state index contributed by atoms with van der Waals surface area (Å²) in [7, 11) is 0. The maximum Gasteiger partial charge on any atom is 0.410 e. The third-order valence-corrected chi connectivity index (χ3v) is 5.48. The minimum atomic E-state index is -0.447. The van der Waals surface area contributed by atoms with Crippen molar-refractivity contribution in [2.45, 2.75) is 64.6 Å². The fourth-order valence-electron chi connectivity index (χ4n) is 3.90. The molecule has 8 heteroatoms. The van der Waals surface area contributed by atoms with Gasteiger partial charge in [0.25, 0.3) is 0 Å². The van der Waals surface area contributed by atoms with Gasteiger partial charge in [0, 0.05) is 38.0 Å². The van der Waals surface area contributed by atoms with Crippen LogP contribution in [0.2, 0.25) is 0 Å². The van der Waals surface area contributed by atoms with E-state index < -0.39 is 5.60 Å². The Morgan fingerprint density at radius 1 is 1.42 bits per heavy atom. The average Bonchev–Trinajstić information content (AvgIpc) is 3.07. The number of ether oxygens (including phenoxy) is 1. The van der Waals surface area contributed by atoms with Gasteiger partial charge in [-0.25, -0.2) is 9.48 Å². The summed E-state index contributed by atoms with van der Waals surface area (Å²) in [4.78, 5) is 28.5. The third kappa shape index (κ3) is 3.64. The van der Waals surface area contributed by atoms with Crippen LogP contribution in [-0.2, 0) is 16.1 Å². The molecular formula is C18H29N5O3. The zero-order chi connectivity index (χ0) is 18.9. The maximum atomic E-state index is 12.5. The highest BCUT2D eigenvalue weighted by Gasteiger charge is 2.48. The van der Waals surface area contributed by atoms with Gasteiger partial charge in [0.1, 0.15) is 18.0 Å². The van der Waals surface area contributed by atoms with Crippen LogP contribution in [0.1, 0.15) is 45.2 Å². The summed E-state index contributed by atoms with van der Waals surface area (Å²) in [5.74, 6) is 0.491. The molecule has 1 atom stereocenters. The molecule has 8 nitrogen and oxygen atoms in total. The summed E-state index contributed by atoms with van der Waals surface area (Å²) in [6.45, 7) is 7.98. The number of nitrogens with zero attached hydrogens (tertiary/aromatic N) is 4. The molecule has 2 N–H and O–H groups in total. The second kappa shape index (κ2) is 7.17. The molecule has 0 aromatic carbocycles. The fourth-order valence-corrected chi connectivity index (χ4v) is 3.90. The van der Waals surface area contributed by atoms with E-state index in [9.17, 15) is 9.59 Å². The monoisotopic (exact) mass is 363 g/mol. The third-order valence-electron chi connectivity index (χ3n) is 5.48. The highest BCUT2D eigenvalue weighted by Crippen LogP contribution is 2.34. The Balaban J connectivity index is 1.56. The first kappa shape index (κ1) is 18.5. The number of hydrogen-bond acceptors (Lipinski definition) is 5. The number of carbonyl (C=O) groups is 2. The van der Waals surface area contributed by atoms with Crippen LogP contribution in [0.4, 0.5) is 10.6 Å². The molecule has 1 aromatic heterocycles. The van der Waals surface area contributed by atoms with Crippen molar-refractivity contribution in [1.29, 1.82) is 0 Å². The van der Waals surface area contributed by atoms with E-state index in [1.807, 2.05) is 16.7 Å². The molecule has 1 aromatic rings. The van der Waals surface area contributed by atoms with E-state index in [0.29, 0.717) is 38.3 Å². The lowest BCUT2D eigenvalue weighted by molar-refractivity contribution is -0.135. The zero-order valence-corrected chi connectivity index (χ0v) is 15.9. The molecule has 2 amide bonds. The van der Waals surface area contributed by atoms with Crippen molar-refractivity contribution in [1.82, 2.24) is 19.6 Å². The van der Waals surface area contributed by atoms with Gasteiger partial charge in [-0.1, -0.05) is 13.3 Å². The van der Waals surface area contributed by atoms with Crippen molar-refractivity contribution in [2.75, 3.05) is 25.4 Å². The van der Waals surface area contributed by atoms with E-state index >= 15 is 0 Å². The molecule has 2 fully saturated rings. The van der Waals surface area contributed by atoms with Gasteiger partial charge in [0.2, 0.25) is 5.91 Å². The van der Waals surface area contributed by atoms with E-state index in [1.165, 1.54) is 4.68 Å². The fraction of sp³-hybridized carbons (Fsp3) is 0.722. The van der Waals surface area contributed by atoms with Crippen LogP contribution in [0.5, 0.6) is 0 Å². The Kier molecular flexibility index (Phi) is 5.11. The van der Waals surface area contributed by atoms with Gasteiger partial charge in [-0.05, 0) is 20.3 Å². The molecular weight excluding hydrogens is 334 g/mol. The highest BCUT2D eigenvalue weighted by molar-refractivity contribution is 5.76. The lowest BCUT2D eigenvalue weighted by Gasteiger charge is -2.37. The van der Waals surface area contributed by atoms with Crippen molar-refractivity contribution < 1.29 is 14.3 Å².